The highest BCUT2D eigenvalue weighted by Gasteiger charge is 2.33. The van der Waals surface area contributed by atoms with Crippen molar-refractivity contribution in [2.75, 3.05) is 11.9 Å². The van der Waals surface area contributed by atoms with Gasteiger partial charge in [0.25, 0.3) is 0 Å². The highest BCUT2D eigenvalue weighted by Crippen LogP contribution is 2.36. The number of alkyl halides is 3. The molecule has 2 rings (SSSR count). The van der Waals surface area contributed by atoms with E-state index in [0.29, 0.717) is 0 Å². The Morgan fingerprint density at radius 1 is 1.24 bits per heavy atom. The number of anilines is 1. The van der Waals surface area contributed by atoms with E-state index in [0.717, 1.165) is 44.2 Å². The van der Waals surface area contributed by atoms with Gasteiger partial charge in [0.1, 0.15) is 6.54 Å². The second-order valence-corrected chi connectivity index (χ2v) is 6.59. The second-order valence-electron chi connectivity index (χ2n) is 6.18. The van der Waals surface area contributed by atoms with Crippen molar-refractivity contribution in [1.29, 1.82) is 0 Å². The number of nitrogens with zero attached hydrogens (tertiary/aromatic N) is 1. The molecule has 0 spiro atoms. The van der Waals surface area contributed by atoms with E-state index >= 15 is 0 Å². The molecule has 0 radical (unpaired) electrons. The van der Waals surface area contributed by atoms with Crippen LogP contribution >= 0.6 is 11.6 Å². The standard InChI is InChI=1S/C17H20ClF3N2O2/c1-11(24)23(13-5-3-2-4-6-13)10-16(25)22-12-7-8-15(18)14(9-12)17(19,20)21/h7-9,13H,2-6,10H2,1H3,(H,22,25). The fourth-order valence-electron chi connectivity index (χ4n) is 3.07. The minimum atomic E-state index is -4.61. The first-order valence-electron chi connectivity index (χ1n) is 8.12. The van der Waals surface area contributed by atoms with Crippen LogP contribution in [0.5, 0.6) is 0 Å². The Morgan fingerprint density at radius 3 is 2.44 bits per heavy atom. The van der Waals surface area contributed by atoms with E-state index in [1.807, 2.05) is 0 Å². The van der Waals surface area contributed by atoms with Crippen molar-refractivity contribution in [2.24, 2.45) is 0 Å². The molecule has 0 atom stereocenters. The third kappa shape index (κ3) is 5.36. The van der Waals surface area contributed by atoms with Gasteiger partial charge in [0.05, 0.1) is 10.6 Å². The smallest absolute Gasteiger partial charge is 0.331 e. The quantitative estimate of drug-likeness (QED) is 0.842. The first-order valence-corrected chi connectivity index (χ1v) is 8.50. The lowest BCUT2D eigenvalue weighted by molar-refractivity contribution is -0.137. The van der Waals surface area contributed by atoms with E-state index in [2.05, 4.69) is 5.32 Å². The summed E-state index contributed by atoms with van der Waals surface area (Å²) in [5, 5.41) is 1.98. The SMILES string of the molecule is CC(=O)N(CC(=O)Nc1ccc(Cl)c(C(F)(F)F)c1)C1CCCCC1. The minimum absolute atomic E-state index is 0.00567. The van der Waals surface area contributed by atoms with E-state index in [4.69, 9.17) is 11.6 Å². The van der Waals surface area contributed by atoms with Gasteiger partial charge in [-0.2, -0.15) is 13.2 Å². The van der Waals surface area contributed by atoms with Crippen molar-refractivity contribution in [3.63, 3.8) is 0 Å². The maximum atomic E-state index is 12.9. The topological polar surface area (TPSA) is 49.4 Å². The molecule has 1 aliphatic rings. The van der Waals surface area contributed by atoms with Gasteiger partial charge in [-0.3, -0.25) is 9.59 Å². The molecule has 25 heavy (non-hydrogen) atoms. The Kier molecular flexibility index (Phi) is 6.32. The molecule has 2 amide bonds. The molecule has 4 nitrogen and oxygen atoms in total. The monoisotopic (exact) mass is 376 g/mol. The Balaban J connectivity index is 2.07. The molecule has 1 aliphatic carbocycles. The molecule has 1 aromatic rings. The number of amides is 2. The number of rotatable bonds is 4. The maximum absolute atomic E-state index is 12.9. The molecule has 0 aliphatic heterocycles. The highest BCUT2D eigenvalue weighted by molar-refractivity contribution is 6.31. The first kappa shape index (κ1) is 19.6. The fourth-order valence-corrected chi connectivity index (χ4v) is 3.29. The van der Waals surface area contributed by atoms with Crippen LogP contribution in [-0.2, 0) is 15.8 Å². The van der Waals surface area contributed by atoms with E-state index in [1.165, 1.54) is 17.9 Å². The number of carbonyl (C=O) groups excluding carboxylic acids is 2. The zero-order chi connectivity index (χ0) is 18.6. The van der Waals surface area contributed by atoms with Gasteiger partial charge in [-0.15, -0.1) is 0 Å². The van der Waals surface area contributed by atoms with Crippen molar-refractivity contribution >= 4 is 29.1 Å². The molecule has 0 aromatic heterocycles. The van der Waals surface area contributed by atoms with Crippen LogP contribution < -0.4 is 5.32 Å². The first-order chi connectivity index (χ1) is 11.7. The summed E-state index contributed by atoms with van der Waals surface area (Å²) in [6.45, 7) is 1.22. The minimum Gasteiger partial charge on any atom is -0.331 e. The fraction of sp³-hybridized carbons (Fsp3) is 0.529. The largest absolute Gasteiger partial charge is 0.417 e. The summed E-state index contributed by atoms with van der Waals surface area (Å²) in [6.07, 6.45) is 0.188. The lowest BCUT2D eigenvalue weighted by Gasteiger charge is -2.33. The average Bonchev–Trinajstić information content (AvgIpc) is 2.54. The van der Waals surface area contributed by atoms with Gasteiger partial charge in [-0.25, -0.2) is 0 Å². The van der Waals surface area contributed by atoms with Gasteiger partial charge in [-0.05, 0) is 31.0 Å². The third-order valence-electron chi connectivity index (χ3n) is 4.29. The van der Waals surface area contributed by atoms with Crippen molar-refractivity contribution in [3.8, 4) is 0 Å². The second kappa shape index (κ2) is 8.08. The van der Waals surface area contributed by atoms with Crippen LogP contribution in [0.2, 0.25) is 5.02 Å². The lowest BCUT2D eigenvalue weighted by atomic mass is 9.94. The lowest BCUT2D eigenvalue weighted by Crippen LogP contribution is -2.44. The van der Waals surface area contributed by atoms with Crippen LogP contribution in [0, 0.1) is 0 Å². The summed E-state index contributed by atoms with van der Waals surface area (Å²) in [7, 11) is 0. The average molecular weight is 377 g/mol. The molecular weight excluding hydrogens is 357 g/mol. The zero-order valence-electron chi connectivity index (χ0n) is 13.8. The van der Waals surface area contributed by atoms with Crippen LogP contribution in [0.4, 0.5) is 18.9 Å². The summed E-state index contributed by atoms with van der Waals surface area (Å²) in [6, 6.07) is 3.18. The molecule has 0 saturated heterocycles. The number of hydrogen-bond acceptors (Lipinski definition) is 2. The number of benzene rings is 1. The van der Waals surface area contributed by atoms with Crippen LogP contribution in [0.25, 0.3) is 0 Å². The van der Waals surface area contributed by atoms with E-state index < -0.39 is 22.7 Å². The maximum Gasteiger partial charge on any atom is 0.417 e. The van der Waals surface area contributed by atoms with Gasteiger partial charge < -0.3 is 10.2 Å². The number of carbonyl (C=O) groups is 2. The van der Waals surface area contributed by atoms with E-state index in [-0.39, 0.29) is 24.2 Å². The molecule has 0 unspecified atom stereocenters. The van der Waals surface area contributed by atoms with Crippen molar-refractivity contribution < 1.29 is 22.8 Å². The van der Waals surface area contributed by atoms with E-state index in [9.17, 15) is 22.8 Å². The number of hydrogen-bond donors (Lipinski definition) is 1. The molecule has 1 fully saturated rings. The molecule has 0 heterocycles. The Hall–Kier alpha value is -1.76. The Bertz CT molecular complexity index is 643. The normalized spacial score (nSPS) is 15.7. The molecule has 1 saturated carbocycles. The molecule has 8 heteroatoms. The van der Waals surface area contributed by atoms with Crippen molar-refractivity contribution in [1.82, 2.24) is 4.90 Å². The number of nitrogens with one attached hydrogen (secondary N) is 1. The van der Waals surface area contributed by atoms with Crippen LogP contribution in [0.1, 0.15) is 44.6 Å². The molecule has 1 N–H and O–H groups in total. The molecule has 138 valence electrons. The molecule has 0 bridgehead atoms. The van der Waals surface area contributed by atoms with E-state index in [1.54, 1.807) is 0 Å². The summed E-state index contributed by atoms with van der Waals surface area (Å²) in [5.74, 6) is -0.745. The van der Waals surface area contributed by atoms with Crippen LogP contribution in [0.15, 0.2) is 18.2 Å². The summed E-state index contributed by atoms with van der Waals surface area (Å²) in [4.78, 5) is 25.5. The molecular formula is C17H20ClF3N2O2. The number of halogens is 4. The highest BCUT2D eigenvalue weighted by atomic mass is 35.5. The van der Waals surface area contributed by atoms with Crippen LogP contribution in [0.3, 0.4) is 0 Å². The van der Waals surface area contributed by atoms with Crippen molar-refractivity contribution in [3.05, 3.63) is 28.8 Å². The predicted molar refractivity (Wildman–Crippen MR) is 89.3 cm³/mol. The van der Waals surface area contributed by atoms with Crippen LogP contribution in [-0.4, -0.2) is 29.3 Å². The summed E-state index contributed by atoms with van der Waals surface area (Å²) < 4.78 is 38.6. The summed E-state index contributed by atoms with van der Waals surface area (Å²) >= 11 is 5.56. The van der Waals surface area contributed by atoms with Gasteiger partial charge in [0.15, 0.2) is 0 Å². The van der Waals surface area contributed by atoms with Gasteiger partial charge >= 0.3 is 6.18 Å². The van der Waals surface area contributed by atoms with Gasteiger partial charge in [0, 0.05) is 18.7 Å². The Morgan fingerprint density at radius 2 is 1.88 bits per heavy atom. The molecule has 1 aromatic carbocycles. The van der Waals surface area contributed by atoms with Gasteiger partial charge in [-0.1, -0.05) is 30.9 Å². The Labute approximate surface area is 149 Å². The zero-order valence-corrected chi connectivity index (χ0v) is 14.6. The van der Waals surface area contributed by atoms with Gasteiger partial charge in [0.2, 0.25) is 11.8 Å². The van der Waals surface area contributed by atoms with Crippen molar-refractivity contribution in [2.45, 2.75) is 51.2 Å². The third-order valence-corrected chi connectivity index (χ3v) is 4.62. The summed E-state index contributed by atoms with van der Waals surface area (Å²) in [5.41, 5.74) is -1.02. The predicted octanol–water partition coefficient (Wildman–Crippen LogP) is 4.48.